The monoisotopic (exact) mass is 247 g/mol. The number of nitrogens with one attached hydrogen (secondary N) is 1. The van der Waals surface area contributed by atoms with Gasteiger partial charge in [0.15, 0.2) is 0 Å². The minimum atomic E-state index is -0.755. The smallest absolute Gasteiger partial charge is 0.104 e. The third kappa shape index (κ3) is 2.93. The Morgan fingerprint density at radius 1 is 1.28 bits per heavy atom. The van der Waals surface area contributed by atoms with E-state index in [0.29, 0.717) is 12.6 Å². The second-order valence-electron chi connectivity index (χ2n) is 5.78. The van der Waals surface area contributed by atoms with Gasteiger partial charge in [-0.3, -0.25) is 0 Å². The standard InChI is InChI=1S/C16H25NO/c1-4-13-5-7-14(8-6-13)16(18,12(2)3)11-17-15-9-10-15/h5-8,12,15,17-18H,4,9-11H2,1-3H3. The topological polar surface area (TPSA) is 32.3 Å². The van der Waals surface area contributed by atoms with Crippen LogP contribution >= 0.6 is 0 Å². The molecule has 1 unspecified atom stereocenters. The van der Waals surface area contributed by atoms with Crippen LogP contribution in [0.15, 0.2) is 24.3 Å². The molecule has 0 saturated heterocycles. The first-order valence-electron chi connectivity index (χ1n) is 7.11. The van der Waals surface area contributed by atoms with Gasteiger partial charge in [-0.05, 0) is 36.3 Å². The quantitative estimate of drug-likeness (QED) is 0.810. The molecule has 1 aromatic carbocycles. The Kier molecular flexibility index (Phi) is 4.08. The predicted octanol–water partition coefficient (Wildman–Crippen LogP) is 2.84. The van der Waals surface area contributed by atoms with E-state index >= 15 is 0 Å². The molecule has 0 amide bonds. The molecule has 18 heavy (non-hydrogen) atoms. The molecular weight excluding hydrogens is 222 g/mol. The summed E-state index contributed by atoms with van der Waals surface area (Å²) >= 11 is 0. The average molecular weight is 247 g/mol. The Hall–Kier alpha value is -0.860. The van der Waals surface area contributed by atoms with Crippen LogP contribution in [0, 0.1) is 5.92 Å². The van der Waals surface area contributed by atoms with E-state index in [0.717, 1.165) is 12.0 Å². The summed E-state index contributed by atoms with van der Waals surface area (Å²) in [6, 6.07) is 9.03. The van der Waals surface area contributed by atoms with Crippen LogP contribution in [-0.4, -0.2) is 17.7 Å². The minimum Gasteiger partial charge on any atom is -0.384 e. The zero-order valence-corrected chi connectivity index (χ0v) is 11.7. The Bertz CT molecular complexity index is 381. The van der Waals surface area contributed by atoms with Crippen LogP contribution in [0.2, 0.25) is 0 Å². The lowest BCUT2D eigenvalue weighted by molar-refractivity contribution is -0.00955. The molecule has 1 aromatic rings. The molecule has 0 bridgehead atoms. The lowest BCUT2D eigenvalue weighted by Crippen LogP contribution is -2.43. The molecule has 1 fully saturated rings. The van der Waals surface area contributed by atoms with Crippen molar-refractivity contribution in [3.05, 3.63) is 35.4 Å². The normalized spacial score (nSPS) is 18.9. The zero-order chi connectivity index (χ0) is 13.2. The number of rotatable bonds is 6. The van der Waals surface area contributed by atoms with Crippen LogP contribution in [0.1, 0.15) is 44.7 Å². The van der Waals surface area contributed by atoms with Gasteiger partial charge in [-0.15, -0.1) is 0 Å². The molecule has 0 radical (unpaired) electrons. The third-order valence-corrected chi connectivity index (χ3v) is 4.05. The molecule has 2 rings (SSSR count). The van der Waals surface area contributed by atoms with Gasteiger partial charge < -0.3 is 10.4 Å². The van der Waals surface area contributed by atoms with Crippen molar-refractivity contribution in [2.75, 3.05) is 6.54 Å². The van der Waals surface area contributed by atoms with Gasteiger partial charge in [0.1, 0.15) is 5.60 Å². The number of hydrogen-bond acceptors (Lipinski definition) is 2. The van der Waals surface area contributed by atoms with Crippen molar-refractivity contribution >= 4 is 0 Å². The predicted molar refractivity (Wildman–Crippen MR) is 75.6 cm³/mol. The fourth-order valence-electron chi connectivity index (χ4n) is 2.26. The van der Waals surface area contributed by atoms with E-state index in [9.17, 15) is 5.11 Å². The SMILES string of the molecule is CCc1ccc(C(O)(CNC2CC2)C(C)C)cc1. The molecule has 0 spiro atoms. The number of benzene rings is 1. The van der Waals surface area contributed by atoms with Gasteiger partial charge in [-0.1, -0.05) is 45.0 Å². The van der Waals surface area contributed by atoms with Crippen molar-refractivity contribution in [2.45, 2.75) is 51.7 Å². The van der Waals surface area contributed by atoms with Crippen molar-refractivity contribution in [1.29, 1.82) is 0 Å². The first kappa shape index (κ1) is 13.6. The highest BCUT2D eigenvalue weighted by Gasteiger charge is 2.34. The van der Waals surface area contributed by atoms with Crippen molar-refractivity contribution in [1.82, 2.24) is 5.32 Å². The van der Waals surface area contributed by atoms with Gasteiger partial charge in [0.05, 0.1) is 0 Å². The van der Waals surface area contributed by atoms with Gasteiger partial charge in [0.2, 0.25) is 0 Å². The van der Waals surface area contributed by atoms with Gasteiger partial charge in [-0.25, -0.2) is 0 Å². The van der Waals surface area contributed by atoms with Crippen molar-refractivity contribution in [3.63, 3.8) is 0 Å². The van der Waals surface area contributed by atoms with Crippen molar-refractivity contribution in [3.8, 4) is 0 Å². The molecule has 2 nitrogen and oxygen atoms in total. The fourth-order valence-corrected chi connectivity index (χ4v) is 2.26. The summed E-state index contributed by atoms with van der Waals surface area (Å²) in [4.78, 5) is 0. The highest BCUT2D eigenvalue weighted by Crippen LogP contribution is 2.30. The highest BCUT2D eigenvalue weighted by molar-refractivity contribution is 5.28. The Balaban J connectivity index is 2.15. The molecule has 1 aliphatic carbocycles. The maximum absolute atomic E-state index is 10.9. The van der Waals surface area contributed by atoms with Crippen molar-refractivity contribution in [2.24, 2.45) is 5.92 Å². The maximum atomic E-state index is 10.9. The molecule has 0 aromatic heterocycles. The summed E-state index contributed by atoms with van der Waals surface area (Å²) < 4.78 is 0. The molecule has 0 heterocycles. The Labute approximate surface area is 110 Å². The third-order valence-electron chi connectivity index (χ3n) is 4.05. The van der Waals surface area contributed by atoms with E-state index in [-0.39, 0.29) is 5.92 Å². The van der Waals surface area contributed by atoms with E-state index in [1.807, 2.05) is 0 Å². The molecular formula is C16H25NO. The second kappa shape index (κ2) is 5.41. The summed E-state index contributed by atoms with van der Waals surface area (Å²) in [6.45, 7) is 6.98. The average Bonchev–Trinajstić information content (AvgIpc) is 3.20. The molecule has 0 aliphatic heterocycles. The number of aryl methyl sites for hydroxylation is 1. The lowest BCUT2D eigenvalue weighted by atomic mass is 9.83. The van der Waals surface area contributed by atoms with Gasteiger partial charge in [0.25, 0.3) is 0 Å². The maximum Gasteiger partial charge on any atom is 0.104 e. The van der Waals surface area contributed by atoms with Crippen LogP contribution in [0.3, 0.4) is 0 Å². The van der Waals surface area contributed by atoms with E-state index in [1.54, 1.807) is 0 Å². The largest absolute Gasteiger partial charge is 0.384 e. The van der Waals surface area contributed by atoms with Gasteiger partial charge in [-0.2, -0.15) is 0 Å². The summed E-state index contributed by atoms with van der Waals surface area (Å²) in [5, 5.41) is 14.4. The molecule has 100 valence electrons. The van der Waals surface area contributed by atoms with Gasteiger partial charge >= 0.3 is 0 Å². The van der Waals surface area contributed by atoms with Crippen molar-refractivity contribution < 1.29 is 5.11 Å². The lowest BCUT2D eigenvalue weighted by Gasteiger charge is -2.33. The molecule has 1 aliphatic rings. The first-order chi connectivity index (χ1) is 8.56. The Morgan fingerprint density at radius 2 is 1.89 bits per heavy atom. The zero-order valence-electron chi connectivity index (χ0n) is 11.7. The fraction of sp³-hybridized carbons (Fsp3) is 0.625. The summed E-state index contributed by atoms with van der Waals surface area (Å²) in [7, 11) is 0. The number of hydrogen-bond donors (Lipinski definition) is 2. The summed E-state index contributed by atoms with van der Waals surface area (Å²) in [6.07, 6.45) is 3.55. The summed E-state index contributed by atoms with van der Waals surface area (Å²) in [5.74, 6) is 0.205. The molecule has 1 atom stereocenters. The molecule has 2 N–H and O–H groups in total. The van der Waals surface area contributed by atoms with Crippen LogP contribution in [0.25, 0.3) is 0 Å². The van der Waals surface area contributed by atoms with E-state index in [4.69, 9.17) is 0 Å². The molecule has 1 saturated carbocycles. The van der Waals surface area contributed by atoms with E-state index < -0.39 is 5.60 Å². The molecule has 2 heteroatoms. The van der Waals surface area contributed by atoms with E-state index in [2.05, 4.69) is 50.4 Å². The highest BCUT2D eigenvalue weighted by atomic mass is 16.3. The Morgan fingerprint density at radius 3 is 2.33 bits per heavy atom. The minimum absolute atomic E-state index is 0.205. The van der Waals surface area contributed by atoms with E-state index in [1.165, 1.54) is 18.4 Å². The van der Waals surface area contributed by atoms with Crippen LogP contribution < -0.4 is 5.32 Å². The van der Waals surface area contributed by atoms with Crippen LogP contribution in [0.4, 0.5) is 0 Å². The number of aliphatic hydroxyl groups is 1. The van der Waals surface area contributed by atoms with Gasteiger partial charge in [0, 0.05) is 12.6 Å². The van der Waals surface area contributed by atoms with Crippen LogP contribution in [0.5, 0.6) is 0 Å². The van der Waals surface area contributed by atoms with Crippen LogP contribution in [-0.2, 0) is 12.0 Å². The second-order valence-corrected chi connectivity index (χ2v) is 5.78. The summed E-state index contributed by atoms with van der Waals surface area (Å²) in [5.41, 5.74) is 1.59. The first-order valence-corrected chi connectivity index (χ1v) is 7.11.